The van der Waals surface area contributed by atoms with Crippen molar-refractivity contribution in [1.82, 2.24) is 5.32 Å². The predicted molar refractivity (Wildman–Crippen MR) is 65.0 cm³/mol. The minimum Gasteiger partial charge on any atom is -0.480 e. The Balaban J connectivity index is 2.39. The fraction of sp³-hybridized carbons (Fsp3) is 0.818. The number of carbonyl (C=O) groups excluding carboxylic acids is 1. The number of amides is 1. The molecule has 2 atom stereocenters. The van der Waals surface area contributed by atoms with Crippen molar-refractivity contribution < 1.29 is 18.9 Å². The SMILES string of the molecule is CC(C)C(C(=O)O)S(=O)CC(=O)NCC1CC1. The average Bonchev–Trinajstić information content (AvgIpc) is 2.96. The minimum atomic E-state index is -1.65. The average molecular weight is 261 g/mol. The van der Waals surface area contributed by atoms with E-state index in [4.69, 9.17) is 5.11 Å². The van der Waals surface area contributed by atoms with Crippen molar-refractivity contribution in [3.05, 3.63) is 0 Å². The summed E-state index contributed by atoms with van der Waals surface area (Å²) in [5.41, 5.74) is 0. The van der Waals surface area contributed by atoms with E-state index in [1.54, 1.807) is 13.8 Å². The van der Waals surface area contributed by atoms with Crippen LogP contribution in [-0.2, 0) is 20.4 Å². The maximum atomic E-state index is 11.8. The summed E-state index contributed by atoms with van der Waals surface area (Å²) in [6.45, 7) is 4.01. The fourth-order valence-electron chi connectivity index (χ4n) is 1.55. The highest BCUT2D eigenvalue weighted by Crippen LogP contribution is 2.27. The van der Waals surface area contributed by atoms with Gasteiger partial charge in [0, 0.05) is 17.3 Å². The lowest BCUT2D eigenvalue weighted by Gasteiger charge is -2.15. The van der Waals surface area contributed by atoms with Crippen LogP contribution in [0, 0.1) is 11.8 Å². The summed E-state index contributed by atoms with van der Waals surface area (Å²) in [6, 6.07) is 0. The monoisotopic (exact) mass is 261 g/mol. The first-order chi connectivity index (χ1) is 7.91. The quantitative estimate of drug-likeness (QED) is 0.693. The van der Waals surface area contributed by atoms with Gasteiger partial charge in [-0.05, 0) is 24.7 Å². The molecule has 0 heterocycles. The number of rotatable bonds is 7. The zero-order valence-corrected chi connectivity index (χ0v) is 11.0. The van der Waals surface area contributed by atoms with E-state index in [1.165, 1.54) is 0 Å². The van der Waals surface area contributed by atoms with E-state index in [1.807, 2.05) is 0 Å². The van der Waals surface area contributed by atoms with E-state index < -0.39 is 22.0 Å². The van der Waals surface area contributed by atoms with Crippen LogP contribution in [-0.4, -0.2) is 38.7 Å². The van der Waals surface area contributed by atoms with Crippen molar-refractivity contribution in [2.75, 3.05) is 12.3 Å². The van der Waals surface area contributed by atoms with Crippen LogP contribution in [0.2, 0.25) is 0 Å². The summed E-state index contributed by atoms with van der Waals surface area (Å²) in [6.07, 6.45) is 2.26. The lowest BCUT2D eigenvalue weighted by atomic mass is 10.1. The molecular weight excluding hydrogens is 242 g/mol. The summed E-state index contributed by atoms with van der Waals surface area (Å²) in [4.78, 5) is 22.4. The Hall–Kier alpha value is -0.910. The Bertz CT molecular complexity index is 325. The van der Waals surface area contributed by atoms with Crippen LogP contribution in [0.15, 0.2) is 0 Å². The number of nitrogens with one attached hydrogen (secondary N) is 1. The molecule has 1 saturated carbocycles. The summed E-state index contributed by atoms with van der Waals surface area (Å²) >= 11 is 0. The molecule has 17 heavy (non-hydrogen) atoms. The second kappa shape index (κ2) is 6.14. The third-order valence-corrected chi connectivity index (χ3v) is 4.55. The van der Waals surface area contributed by atoms with E-state index in [-0.39, 0.29) is 17.6 Å². The van der Waals surface area contributed by atoms with Crippen molar-refractivity contribution in [2.24, 2.45) is 11.8 Å². The van der Waals surface area contributed by atoms with Crippen LogP contribution < -0.4 is 5.32 Å². The van der Waals surface area contributed by atoms with Crippen LogP contribution in [0.1, 0.15) is 26.7 Å². The van der Waals surface area contributed by atoms with Crippen molar-refractivity contribution in [1.29, 1.82) is 0 Å². The van der Waals surface area contributed by atoms with Gasteiger partial charge < -0.3 is 10.4 Å². The molecule has 0 spiro atoms. The molecular formula is C11H19NO4S. The van der Waals surface area contributed by atoms with E-state index in [2.05, 4.69) is 5.32 Å². The molecule has 5 nitrogen and oxygen atoms in total. The predicted octanol–water partition coefficient (Wildman–Crippen LogP) is 0.370. The second-order valence-electron chi connectivity index (χ2n) is 4.78. The molecule has 1 amide bonds. The second-order valence-corrected chi connectivity index (χ2v) is 6.33. The molecule has 1 aliphatic carbocycles. The van der Waals surface area contributed by atoms with Gasteiger partial charge in [-0.1, -0.05) is 13.8 Å². The van der Waals surface area contributed by atoms with Gasteiger partial charge in [0.15, 0.2) is 0 Å². The first kappa shape index (κ1) is 14.2. The zero-order valence-electron chi connectivity index (χ0n) is 10.1. The molecule has 0 aromatic heterocycles. The fourth-order valence-corrected chi connectivity index (χ4v) is 2.92. The van der Waals surface area contributed by atoms with Crippen LogP contribution >= 0.6 is 0 Å². The third kappa shape index (κ3) is 4.85. The van der Waals surface area contributed by atoms with Crippen molar-refractivity contribution >= 4 is 22.7 Å². The Morgan fingerprint density at radius 3 is 2.41 bits per heavy atom. The Morgan fingerprint density at radius 2 is 2.00 bits per heavy atom. The standard InChI is InChI=1S/C11H19NO4S/c1-7(2)10(11(14)15)17(16)6-9(13)12-5-8-3-4-8/h7-8,10H,3-6H2,1-2H3,(H,12,13)(H,14,15). The Labute approximate surface area is 103 Å². The lowest BCUT2D eigenvalue weighted by molar-refractivity contribution is -0.137. The largest absolute Gasteiger partial charge is 0.480 e. The van der Waals surface area contributed by atoms with Crippen LogP contribution in [0.3, 0.4) is 0 Å². The van der Waals surface area contributed by atoms with E-state index in [0.717, 1.165) is 12.8 Å². The van der Waals surface area contributed by atoms with E-state index in [0.29, 0.717) is 12.5 Å². The minimum absolute atomic E-state index is 0.220. The van der Waals surface area contributed by atoms with Gasteiger partial charge in [-0.15, -0.1) is 0 Å². The topological polar surface area (TPSA) is 83.5 Å². The number of carbonyl (C=O) groups is 2. The van der Waals surface area contributed by atoms with Crippen LogP contribution in [0.4, 0.5) is 0 Å². The van der Waals surface area contributed by atoms with Gasteiger partial charge in [0.05, 0.1) is 0 Å². The van der Waals surface area contributed by atoms with Gasteiger partial charge in [0.2, 0.25) is 5.91 Å². The number of carboxylic acid groups (broad SMARTS) is 1. The molecule has 2 unspecified atom stereocenters. The van der Waals surface area contributed by atoms with Gasteiger partial charge in [-0.25, -0.2) is 0 Å². The number of aliphatic carboxylic acids is 1. The highest BCUT2D eigenvalue weighted by Gasteiger charge is 2.30. The molecule has 0 aliphatic heterocycles. The normalized spacial score (nSPS) is 18.8. The van der Waals surface area contributed by atoms with Crippen LogP contribution in [0.5, 0.6) is 0 Å². The smallest absolute Gasteiger partial charge is 0.319 e. The molecule has 0 saturated heterocycles. The molecule has 1 aliphatic rings. The summed E-state index contributed by atoms with van der Waals surface area (Å²) in [5, 5.41) is 10.6. The molecule has 0 aromatic rings. The summed E-state index contributed by atoms with van der Waals surface area (Å²) < 4.78 is 11.8. The molecule has 98 valence electrons. The molecule has 0 bridgehead atoms. The Morgan fingerprint density at radius 1 is 1.41 bits per heavy atom. The van der Waals surface area contributed by atoms with E-state index in [9.17, 15) is 13.8 Å². The van der Waals surface area contributed by atoms with E-state index >= 15 is 0 Å². The zero-order chi connectivity index (χ0) is 13.0. The number of carboxylic acids is 1. The summed E-state index contributed by atoms with van der Waals surface area (Å²) in [7, 11) is -1.65. The van der Waals surface area contributed by atoms with Crippen molar-refractivity contribution in [2.45, 2.75) is 31.9 Å². The van der Waals surface area contributed by atoms with Gasteiger partial charge in [-0.2, -0.15) is 0 Å². The molecule has 2 N–H and O–H groups in total. The maximum Gasteiger partial charge on any atom is 0.319 e. The third-order valence-electron chi connectivity index (χ3n) is 2.69. The maximum absolute atomic E-state index is 11.8. The van der Waals surface area contributed by atoms with Gasteiger partial charge in [-0.3, -0.25) is 13.8 Å². The highest BCUT2D eigenvalue weighted by atomic mass is 32.2. The van der Waals surface area contributed by atoms with Crippen molar-refractivity contribution in [3.63, 3.8) is 0 Å². The lowest BCUT2D eigenvalue weighted by Crippen LogP contribution is -2.38. The molecule has 6 heteroatoms. The molecule has 0 aromatic carbocycles. The molecule has 1 fully saturated rings. The van der Waals surface area contributed by atoms with Gasteiger partial charge in [0.25, 0.3) is 0 Å². The van der Waals surface area contributed by atoms with Crippen molar-refractivity contribution in [3.8, 4) is 0 Å². The first-order valence-electron chi connectivity index (χ1n) is 5.78. The van der Waals surface area contributed by atoms with Crippen LogP contribution in [0.25, 0.3) is 0 Å². The van der Waals surface area contributed by atoms with Gasteiger partial charge in [0.1, 0.15) is 11.0 Å². The molecule has 1 rings (SSSR count). The molecule has 0 radical (unpaired) electrons. The highest BCUT2D eigenvalue weighted by molar-refractivity contribution is 7.87. The number of hydrogen-bond donors (Lipinski definition) is 2. The first-order valence-corrected chi connectivity index (χ1v) is 7.16. The van der Waals surface area contributed by atoms with Gasteiger partial charge >= 0.3 is 5.97 Å². The summed E-state index contributed by atoms with van der Waals surface area (Å²) in [5.74, 6) is -1.32. The Kier molecular flexibility index (Phi) is 5.11. The number of hydrogen-bond acceptors (Lipinski definition) is 3.